The summed E-state index contributed by atoms with van der Waals surface area (Å²) < 4.78 is 38.4. The third-order valence-electron chi connectivity index (χ3n) is 0. The molecule has 0 saturated carbocycles. The molecule has 0 atom stereocenters. The van der Waals surface area contributed by atoms with Gasteiger partial charge in [-0.3, -0.25) is 0 Å². The Morgan fingerprint density at radius 2 is 1.17 bits per heavy atom. The van der Waals surface area contributed by atoms with Gasteiger partial charge >= 0.3 is 17.4 Å². The zero-order chi connectivity index (χ0) is 14.9. The van der Waals surface area contributed by atoms with Crippen LogP contribution in [0.1, 0.15) is 35.9 Å². The molecule has 0 fully saturated rings. The van der Waals surface area contributed by atoms with E-state index in [1.54, 1.807) is 0 Å². The minimum absolute atomic E-state index is 0. The molecule has 0 spiro atoms. The normalized spacial score (nSPS) is 17.0. The Balaban J connectivity index is -0.0000000922. The van der Waals surface area contributed by atoms with Crippen molar-refractivity contribution >= 4 is 17.4 Å². The first-order valence-corrected chi connectivity index (χ1v) is 3.57. The van der Waals surface area contributed by atoms with E-state index < -0.39 is 14.0 Å². The molecule has 0 rings (SSSR count). The third-order valence-corrected chi connectivity index (χ3v) is 0. The number of hydrogen-bond acceptors (Lipinski definition) is 0. The molecule has 0 aromatic rings. The molecule has 0 aliphatic carbocycles. The maximum atomic E-state index is 6.39. The van der Waals surface area contributed by atoms with E-state index in [0.717, 1.165) is 0 Å². The van der Waals surface area contributed by atoms with Crippen molar-refractivity contribution in [2.24, 2.45) is 11.8 Å². The maximum absolute atomic E-state index is 6.39. The van der Waals surface area contributed by atoms with Gasteiger partial charge in [-0.1, -0.05) is 27.7 Å². The van der Waals surface area contributed by atoms with E-state index in [-0.39, 0.29) is 17.4 Å². The van der Waals surface area contributed by atoms with E-state index in [9.17, 15) is 0 Å². The Morgan fingerprint density at radius 3 is 1.17 bits per heavy atom. The molecule has 0 aromatic heterocycles. The van der Waals surface area contributed by atoms with Crippen LogP contribution in [0.2, 0.25) is 0 Å². The molecule has 0 saturated heterocycles. The Bertz CT molecular complexity index is 141. The van der Waals surface area contributed by atoms with Crippen molar-refractivity contribution < 1.29 is 8.22 Å². The molecule has 2 heteroatoms. The molecule has 0 aliphatic rings. The average molecular weight is 191 g/mol. The SMILES string of the molecule is [2H]C([2H])([2H])[N-]C([2H])([2H])[2H].[Al+3].[CH2-]C(C)C.[CH2-]C(C)C. The van der Waals surface area contributed by atoms with E-state index in [1.807, 2.05) is 0 Å². The van der Waals surface area contributed by atoms with Gasteiger partial charge in [0.1, 0.15) is 0 Å². The number of rotatable bonds is 0. The van der Waals surface area contributed by atoms with Gasteiger partial charge in [0.2, 0.25) is 0 Å². The summed E-state index contributed by atoms with van der Waals surface area (Å²) in [5.74, 6) is 1.17. The topological polar surface area (TPSA) is 14.1 Å². The van der Waals surface area contributed by atoms with Gasteiger partial charge in [-0.15, -0.1) is 0 Å². The van der Waals surface area contributed by atoms with Crippen molar-refractivity contribution in [2.75, 3.05) is 14.0 Å². The van der Waals surface area contributed by atoms with Gasteiger partial charge in [0, 0.05) is 0 Å². The molecule has 0 aromatic carbocycles. The molecule has 0 bridgehead atoms. The molecular weight excluding hydrogens is 161 g/mol. The number of hydrogen-bond donors (Lipinski definition) is 0. The average Bonchev–Trinajstić information content (AvgIpc) is 1.70. The van der Waals surface area contributed by atoms with Crippen LogP contribution in [-0.4, -0.2) is 31.3 Å². The zero-order valence-corrected chi connectivity index (χ0v) is 9.75. The van der Waals surface area contributed by atoms with Crippen molar-refractivity contribution in [3.63, 3.8) is 0 Å². The van der Waals surface area contributed by atoms with E-state index >= 15 is 0 Å². The molecule has 0 aliphatic heterocycles. The van der Waals surface area contributed by atoms with E-state index in [4.69, 9.17) is 8.22 Å². The molecular formula is C10H24AlN. The quantitative estimate of drug-likeness (QED) is 0.412. The summed E-state index contributed by atoms with van der Waals surface area (Å²) >= 11 is 0. The fraction of sp³-hybridized carbons (Fsp3) is 0.800. The smallest absolute Gasteiger partial charge is 0.668 e. The van der Waals surface area contributed by atoms with Crippen LogP contribution in [0.25, 0.3) is 5.32 Å². The number of nitrogens with zero attached hydrogens (tertiary/aromatic N) is 1. The molecule has 0 heterocycles. The summed E-state index contributed by atoms with van der Waals surface area (Å²) in [5.41, 5.74) is 0. The molecule has 0 unspecified atom stereocenters. The van der Waals surface area contributed by atoms with Crippen molar-refractivity contribution in [3.05, 3.63) is 19.2 Å². The third kappa shape index (κ3) is 3900. The van der Waals surface area contributed by atoms with Crippen LogP contribution in [-0.2, 0) is 0 Å². The molecule has 0 radical (unpaired) electrons. The second-order valence-corrected chi connectivity index (χ2v) is 2.90. The molecule has 12 heavy (non-hydrogen) atoms. The Kier molecular flexibility index (Phi) is 14.8. The van der Waals surface area contributed by atoms with Crippen LogP contribution in [0.5, 0.6) is 0 Å². The molecule has 0 amide bonds. The Morgan fingerprint density at radius 1 is 1.00 bits per heavy atom. The minimum Gasteiger partial charge on any atom is -0.668 e. The second-order valence-electron chi connectivity index (χ2n) is 2.90. The van der Waals surface area contributed by atoms with Gasteiger partial charge in [-0.2, -0.15) is 25.8 Å². The zero-order valence-electron chi connectivity index (χ0n) is 14.6. The fourth-order valence-electron chi connectivity index (χ4n) is 0. The van der Waals surface area contributed by atoms with Crippen molar-refractivity contribution in [3.8, 4) is 0 Å². The summed E-state index contributed by atoms with van der Waals surface area (Å²) in [5, 5.41) is 2.54. The minimum atomic E-state index is -2.70. The maximum Gasteiger partial charge on any atom is 3.00 e. The van der Waals surface area contributed by atoms with Gasteiger partial charge in [0.15, 0.2) is 0 Å². The monoisotopic (exact) mass is 191 g/mol. The van der Waals surface area contributed by atoms with Crippen molar-refractivity contribution in [1.82, 2.24) is 0 Å². The second kappa shape index (κ2) is 22.5. The van der Waals surface area contributed by atoms with Crippen molar-refractivity contribution in [1.29, 1.82) is 0 Å². The predicted molar refractivity (Wildman–Crippen MR) is 61.4 cm³/mol. The van der Waals surface area contributed by atoms with E-state index in [2.05, 4.69) is 46.9 Å². The van der Waals surface area contributed by atoms with Crippen molar-refractivity contribution in [2.45, 2.75) is 27.7 Å². The van der Waals surface area contributed by atoms with Gasteiger partial charge in [0.05, 0.1) is 0 Å². The largest absolute Gasteiger partial charge is 3.00 e. The first-order valence-electron chi connectivity index (χ1n) is 6.57. The van der Waals surface area contributed by atoms with E-state index in [1.165, 1.54) is 0 Å². The van der Waals surface area contributed by atoms with Crippen LogP contribution in [0.3, 0.4) is 0 Å². The summed E-state index contributed by atoms with van der Waals surface area (Å²) in [6, 6.07) is 0. The molecule has 1 nitrogen and oxygen atoms in total. The Hall–Kier alpha value is 0.492. The van der Waals surface area contributed by atoms with Gasteiger partial charge in [-0.05, 0) is 8.22 Å². The van der Waals surface area contributed by atoms with Crippen LogP contribution in [0, 0.1) is 25.7 Å². The first-order chi connectivity index (χ1) is 7.17. The van der Waals surface area contributed by atoms with Crippen LogP contribution in [0.4, 0.5) is 0 Å². The summed E-state index contributed by atoms with van der Waals surface area (Å²) in [6.07, 6.45) is 0. The predicted octanol–water partition coefficient (Wildman–Crippen LogP) is 3.19. The van der Waals surface area contributed by atoms with Gasteiger partial charge in [0.25, 0.3) is 0 Å². The Labute approximate surface area is 98.9 Å². The summed E-state index contributed by atoms with van der Waals surface area (Å²) in [6.45, 7) is 10.1. The molecule has 0 N–H and O–H groups in total. The van der Waals surface area contributed by atoms with Gasteiger partial charge < -0.3 is 19.2 Å². The van der Waals surface area contributed by atoms with Crippen LogP contribution < -0.4 is 0 Å². The van der Waals surface area contributed by atoms with E-state index in [0.29, 0.717) is 11.8 Å². The fourth-order valence-corrected chi connectivity index (χ4v) is 0. The standard InChI is InChI=1S/2C4H9.C2H6N.Al/c2*1-4(2)3;1-3-2;/h2*4H,1H2,2-3H3;1-2H3;/q3*-1;+3/i;;1D3,2D3;. The first kappa shape index (κ1) is 7.86. The summed E-state index contributed by atoms with van der Waals surface area (Å²) in [4.78, 5) is 0. The molecule has 72 valence electrons. The van der Waals surface area contributed by atoms with Crippen LogP contribution >= 0.6 is 0 Å². The van der Waals surface area contributed by atoms with Crippen LogP contribution in [0.15, 0.2) is 0 Å². The van der Waals surface area contributed by atoms with Gasteiger partial charge in [-0.25, -0.2) is 0 Å². The summed E-state index contributed by atoms with van der Waals surface area (Å²) in [7, 11) is 0.